The minimum atomic E-state index is -0.480. The fraction of sp³-hybridized carbons (Fsp3) is 0.200. The van der Waals surface area contributed by atoms with Crippen molar-refractivity contribution in [2.24, 2.45) is 0 Å². The SMILES string of the molecule is O=C1NC(c2cc(F)ccc2Cl)c2ccc3c(OC4CC4)nccc3c21. The minimum Gasteiger partial charge on any atom is -0.474 e. The number of aromatic nitrogens is 1. The highest BCUT2D eigenvalue weighted by atomic mass is 35.5. The minimum absolute atomic E-state index is 0.209. The van der Waals surface area contributed by atoms with Crippen molar-refractivity contribution in [2.45, 2.75) is 25.0 Å². The number of nitrogens with zero attached hydrogens (tertiary/aromatic N) is 1. The first-order valence-electron chi connectivity index (χ1n) is 8.46. The molecule has 26 heavy (non-hydrogen) atoms. The lowest BCUT2D eigenvalue weighted by Gasteiger charge is -2.15. The van der Waals surface area contributed by atoms with Gasteiger partial charge in [-0.25, -0.2) is 9.37 Å². The Bertz CT molecular complexity index is 1070. The normalized spacial score (nSPS) is 18.7. The number of carbonyl (C=O) groups excluding carboxylic acids is 1. The zero-order valence-corrected chi connectivity index (χ0v) is 14.4. The molecule has 2 heterocycles. The van der Waals surface area contributed by atoms with Gasteiger partial charge in [-0.3, -0.25) is 4.79 Å². The van der Waals surface area contributed by atoms with E-state index in [9.17, 15) is 9.18 Å². The molecule has 0 saturated heterocycles. The average molecular weight is 369 g/mol. The van der Waals surface area contributed by atoms with E-state index in [-0.39, 0.29) is 12.0 Å². The van der Waals surface area contributed by atoms with Gasteiger partial charge in [0.2, 0.25) is 5.88 Å². The van der Waals surface area contributed by atoms with Gasteiger partial charge in [0.25, 0.3) is 5.91 Å². The molecule has 2 aromatic carbocycles. The maximum atomic E-state index is 13.7. The summed E-state index contributed by atoms with van der Waals surface area (Å²) in [6.07, 6.45) is 3.93. The second kappa shape index (κ2) is 5.68. The Morgan fingerprint density at radius 1 is 1.12 bits per heavy atom. The van der Waals surface area contributed by atoms with Crippen molar-refractivity contribution in [1.82, 2.24) is 10.3 Å². The van der Waals surface area contributed by atoms with Gasteiger partial charge < -0.3 is 10.1 Å². The molecule has 1 atom stereocenters. The summed E-state index contributed by atoms with van der Waals surface area (Å²) in [6.45, 7) is 0. The summed E-state index contributed by atoms with van der Waals surface area (Å²) in [7, 11) is 0. The smallest absolute Gasteiger partial charge is 0.253 e. The van der Waals surface area contributed by atoms with Gasteiger partial charge in [-0.1, -0.05) is 17.7 Å². The van der Waals surface area contributed by atoms with E-state index in [0.717, 1.165) is 29.2 Å². The highest BCUT2D eigenvalue weighted by Crippen LogP contribution is 2.40. The van der Waals surface area contributed by atoms with Crippen LogP contribution in [0, 0.1) is 5.82 Å². The Morgan fingerprint density at radius 3 is 2.77 bits per heavy atom. The van der Waals surface area contributed by atoms with Gasteiger partial charge in [0.1, 0.15) is 11.9 Å². The molecular formula is C20H14ClFN2O2. The Kier molecular flexibility index (Phi) is 3.40. The van der Waals surface area contributed by atoms with Crippen LogP contribution in [0.25, 0.3) is 10.8 Å². The summed E-state index contributed by atoms with van der Waals surface area (Å²) in [5, 5.41) is 4.91. The van der Waals surface area contributed by atoms with Gasteiger partial charge in [0.05, 0.1) is 11.6 Å². The van der Waals surface area contributed by atoms with E-state index >= 15 is 0 Å². The average Bonchev–Trinajstić information content (AvgIpc) is 3.39. The van der Waals surface area contributed by atoms with Crippen LogP contribution < -0.4 is 10.1 Å². The van der Waals surface area contributed by atoms with Gasteiger partial charge in [-0.15, -0.1) is 0 Å². The fourth-order valence-corrected chi connectivity index (χ4v) is 3.67. The third kappa shape index (κ3) is 2.42. The highest BCUT2D eigenvalue weighted by Gasteiger charge is 2.33. The summed E-state index contributed by atoms with van der Waals surface area (Å²) in [5.74, 6) is -0.0513. The Balaban J connectivity index is 1.68. The molecule has 1 unspecified atom stereocenters. The van der Waals surface area contributed by atoms with E-state index in [4.69, 9.17) is 16.3 Å². The number of rotatable bonds is 3. The number of hydrogen-bond acceptors (Lipinski definition) is 3. The first-order valence-corrected chi connectivity index (χ1v) is 8.83. The zero-order valence-electron chi connectivity index (χ0n) is 13.6. The van der Waals surface area contributed by atoms with Gasteiger partial charge in [0, 0.05) is 27.6 Å². The first kappa shape index (κ1) is 15.6. The van der Waals surface area contributed by atoms with Crippen molar-refractivity contribution in [3.8, 4) is 5.88 Å². The molecule has 4 nitrogen and oxygen atoms in total. The molecule has 1 fully saturated rings. The van der Waals surface area contributed by atoms with Crippen molar-refractivity contribution in [1.29, 1.82) is 0 Å². The van der Waals surface area contributed by atoms with Gasteiger partial charge in [-0.05, 0) is 48.7 Å². The molecule has 1 saturated carbocycles. The van der Waals surface area contributed by atoms with Gasteiger partial charge in [0.15, 0.2) is 0 Å². The Labute approximate surface area is 153 Å². The van der Waals surface area contributed by atoms with Crippen molar-refractivity contribution >= 4 is 28.3 Å². The van der Waals surface area contributed by atoms with Crippen molar-refractivity contribution in [2.75, 3.05) is 0 Å². The number of amides is 1. The predicted molar refractivity (Wildman–Crippen MR) is 96.1 cm³/mol. The molecule has 1 N–H and O–H groups in total. The number of halogens is 2. The number of pyridine rings is 1. The van der Waals surface area contributed by atoms with E-state index in [1.165, 1.54) is 18.2 Å². The van der Waals surface area contributed by atoms with Crippen LogP contribution in [-0.2, 0) is 0 Å². The van der Waals surface area contributed by atoms with Crippen LogP contribution in [0.1, 0.15) is 40.4 Å². The molecular weight excluding hydrogens is 355 g/mol. The summed E-state index contributed by atoms with van der Waals surface area (Å²) in [4.78, 5) is 17.0. The number of nitrogens with one attached hydrogen (secondary N) is 1. The number of fused-ring (bicyclic) bond motifs is 3. The number of hydrogen-bond donors (Lipinski definition) is 1. The van der Waals surface area contributed by atoms with E-state index < -0.39 is 11.9 Å². The zero-order chi connectivity index (χ0) is 17.8. The number of benzene rings is 2. The van der Waals surface area contributed by atoms with Crippen LogP contribution >= 0.6 is 11.6 Å². The van der Waals surface area contributed by atoms with Crippen molar-refractivity contribution in [3.05, 3.63) is 70.1 Å². The summed E-state index contributed by atoms with van der Waals surface area (Å²) < 4.78 is 19.6. The molecule has 130 valence electrons. The Morgan fingerprint density at radius 2 is 1.96 bits per heavy atom. The van der Waals surface area contributed by atoms with Crippen molar-refractivity contribution < 1.29 is 13.9 Å². The fourth-order valence-electron chi connectivity index (χ4n) is 3.44. The topological polar surface area (TPSA) is 51.2 Å². The van der Waals surface area contributed by atoms with Crippen LogP contribution in [0.5, 0.6) is 5.88 Å². The molecule has 1 aliphatic heterocycles. The molecule has 1 aromatic heterocycles. The number of ether oxygens (including phenoxy) is 1. The molecule has 0 bridgehead atoms. The Hall–Kier alpha value is -2.66. The standard InChI is InChI=1S/C20H14ClFN2O2/c21-16-6-1-10(22)9-15(16)18-14-5-4-13-12(17(14)19(25)24-18)7-8-23-20(13)26-11-2-3-11/h1,4-9,11,18H,2-3H2,(H,24,25). The lowest BCUT2D eigenvalue weighted by Crippen LogP contribution is -2.20. The lowest BCUT2D eigenvalue weighted by molar-refractivity contribution is 0.0962. The first-order chi connectivity index (χ1) is 12.6. The molecule has 1 aliphatic carbocycles. The third-order valence-corrected chi connectivity index (χ3v) is 5.17. The second-order valence-electron chi connectivity index (χ2n) is 6.63. The lowest BCUT2D eigenvalue weighted by atomic mass is 9.95. The van der Waals surface area contributed by atoms with Gasteiger partial charge >= 0.3 is 0 Å². The maximum absolute atomic E-state index is 13.7. The van der Waals surface area contributed by atoms with Crippen LogP contribution in [0.3, 0.4) is 0 Å². The third-order valence-electron chi connectivity index (χ3n) is 4.83. The molecule has 2 aliphatic rings. The molecule has 6 heteroatoms. The van der Waals surface area contributed by atoms with E-state index in [1.807, 2.05) is 18.2 Å². The molecule has 3 aromatic rings. The summed E-state index contributed by atoms with van der Waals surface area (Å²) in [5.41, 5.74) is 1.89. The predicted octanol–water partition coefficient (Wildman–Crippen LogP) is 4.40. The second-order valence-corrected chi connectivity index (χ2v) is 7.04. The molecule has 0 radical (unpaired) electrons. The van der Waals surface area contributed by atoms with Crippen molar-refractivity contribution in [3.63, 3.8) is 0 Å². The quantitative estimate of drug-likeness (QED) is 0.745. The summed E-state index contributed by atoms with van der Waals surface area (Å²) >= 11 is 6.25. The van der Waals surface area contributed by atoms with Gasteiger partial charge in [-0.2, -0.15) is 0 Å². The van der Waals surface area contributed by atoms with E-state index in [1.54, 1.807) is 6.20 Å². The molecule has 0 spiro atoms. The van der Waals surface area contributed by atoms with Crippen LogP contribution in [0.4, 0.5) is 4.39 Å². The maximum Gasteiger partial charge on any atom is 0.253 e. The largest absolute Gasteiger partial charge is 0.474 e. The summed E-state index contributed by atoms with van der Waals surface area (Å²) in [6, 6.07) is 9.26. The number of carbonyl (C=O) groups is 1. The highest BCUT2D eigenvalue weighted by molar-refractivity contribution is 6.31. The van der Waals surface area contributed by atoms with E-state index in [2.05, 4.69) is 10.3 Å². The monoisotopic (exact) mass is 368 g/mol. The van der Waals surface area contributed by atoms with E-state index in [0.29, 0.717) is 22.0 Å². The molecule has 5 rings (SSSR count). The molecule has 1 amide bonds. The van der Waals surface area contributed by atoms with Crippen LogP contribution in [0.15, 0.2) is 42.6 Å². The van der Waals surface area contributed by atoms with Crippen LogP contribution in [-0.4, -0.2) is 17.0 Å². The van der Waals surface area contributed by atoms with Crippen LogP contribution in [0.2, 0.25) is 5.02 Å².